The highest BCUT2D eigenvalue weighted by Gasteiger charge is 2.10. The van der Waals surface area contributed by atoms with Crippen LogP contribution < -0.4 is 14.8 Å². The number of rotatable bonds is 7. The number of oxime groups is 1. The van der Waals surface area contributed by atoms with Gasteiger partial charge < -0.3 is 20.0 Å². The lowest BCUT2D eigenvalue weighted by Crippen LogP contribution is -2.20. The van der Waals surface area contributed by atoms with Crippen molar-refractivity contribution in [2.75, 3.05) is 18.5 Å². The van der Waals surface area contributed by atoms with Gasteiger partial charge in [-0.1, -0.05) is 22.8 Å². The summed E-state index contributed by atoms with van der Waals surface area (Å²) in [6, 6.07) is 10.3. The van der Waals surface area contributed by atoms with Crippen molar-refractivity contribution in [1.29, 1.82) is 0 Å². The van der Waals surface area contributed by atoms with Gasteiger partial charge in [-0.05, 0) is 49.7 Å². The maximum absolute atomic E-state index is 12.0. The summed E-state index contributed by atoms with van der Waals surface area (Å²) < 4.78 is 11.0. The number of amides is 1. The van der Waals surface area contributed by atoms with Crippen LogP contribution in [0.4, 0.5) is 5.69 Å². The summed E-state index contributed by atoms with van der Waals surface area (Å²) in [5, 5.41) is 14.9. The zero-order chi connectivity index (χ0) is 18.2. The second kappa shape index (κ2) is 8.94. The van der Waals surface area contributed by atoms with Crippen LogP contribution in [0, 0.1) is 6.92 Å². The molecule has 2 rings (SSSR count). The van der Waals surface area contributed by atoms with Crippen LogP contribution in [0.1, 0.15) is 18.1 Å². The van der Waals surface area contributed by atoms with Crippen molar-refractivity contribution in [2.24, 2.45) is 5.16 Å². The molecule has 0 saturated carbocycles. The second-order valence-corrected chi connectivity index (χ2v) is 5.59. The van der Waals surface area contributed by atoms with Crippen LogP contribution in [0.25, 0.3) is 0 Å². The van der Waals surface area contributed by atoms with Crippen LogP contribution in [0.3, 0.4) is 0 Å². The summed E-state index contributed by atoms with van der Waals surface area (Å²) in [6.07, 6.45) is 1.28. The number of hydrogen-bond acceptors (Lipinski definition) is 5. The Kier molecular flexibility index (Phi) is 6.65. The highest BCUT2D eigenvalue weighted by atomic mass is 35.5. The van der Waals surface area contributed by atoms with E-state index < -0.39 is 0 Å². The molecule has 0 fully saturated rings. The molecule has 7 heteroatoms. The van der Waals surface area contributed by atoms with Crippen molar-refractivity contribution in [2.45, 2.75) is 13.8 Å². The Morgan fingerprint density at radius 1 is 1.24 bits per heavy atom. The maximum Gasteiger partial charge on any atom is 0.262 e. The van der Waals surface area contributed by atoms with Crippen molar-refractivity contribution < 1.29 is 19.5 Å². The van der Waals surface area contributed by atoms with Crippen LogP contribution in [0.15, 0.2) is 41.6 Å². The molecular weight excluding hydrogens is 344 g/mol. The van der Waals surface area contributed by atoms with Crippen molar-refractivity contribution in [1.82, 2.24) is 0 Å². The number of benzene rings is 2. The third kappa shape index (κ3) is 5.39. The second-order valence-electron chi connectivity index (χ2n) is 5.18. The van der Waals surface area contributed by atoms with Gasteiger partial charge in [-0.25, -0.2) is 0 Å². The molecule has 0 radical (unpaired) electrons. The molecule has 0 bridgehead atoms. The number of hydrogen-bond donors (Lipinski definition) is 2. The first-order valence-corrected chi connectivity index (χ1v) is 8.04. The third-order valence-electron chi connectivity index (χ3n) is 3.29. The van der Waals surface area contributed by atoms with Gasteiger partial charge in [-0.3, -0.25) is 4.79 Å². The van der Waals surface area contributed by atoms with E-state index in [1.54, 1.807) is 30.3 Å². The van der Waals surface area contributed by atoms with Gasteiger partial charge in [0, 0.05) is 16.3 Å². The largest absolute Gasteiger partial charge is 0.490 e. The minimum Gasteiger partial charge on any atom is -0.490 e. The van der Waals surface area contributed by atoms with E-state index in [0.717, 1.165) is 5.56 Å². The summed E-state index contributed by atoms with van der Waals surface area (Å²) in [7, 11) is 0. The molecule has 0 spiro atoms. The van der Waals surface area contributed by atoms with Crippen LogP contribution >= 0.6 is 11.6 Å². The SMILES string of the molecule is CCOc1cc(/C=N/O)ccc1OCC(=O)Nc1ccc(C)c(Cl)c1. The zero-order valence-corrected chi connectivity index (χ0v) is 14.7. The molecule has 0 aliphatic carbocycles. The number of carbonyl (C=O) groups is 1. The first kappa shape index (κ1) is 18.6. The van der Waals surface area contributed by atoms with Crippen molar-refractivity contribution >= 4 is 29.4 Å². The number of nitrogens with zero attached hydrogens (tertiary/aromatic N) is 1. The predicted molar refractivity (Wildman–Crippen MR) is 97.3 cm³/mol. The first-order chi connectivity index (χ1) is 12.0. The Bertz CT molecular complexity index is 778. The van der Waals surface area contributed by atoms with Crippen molar-refractivity contribution in [3.8, 4) is 11.5 Å². The van der Waals surface area contributed by atoms with E-state index in [-0.39, 0.29) is 12.5 Å². The summed E-state index contributed by atoms with van der Waals surface area (Å²) in [6.45, 7) is 3.98. The van der Waals surface area contributed by atoms with E-state index in [1.807, 2.05) is 19.9 Å². The molecule has 1 amide bonds. The summed E-state index contributed by atoms with van der Waals surface area (Å²) in [4.78, 5) is 12.0. The highest BCUT2D eigenvalue weighted by molar-refractivity contribution is 6.31. The lowest BCUT2D eigenvalue weighted by molar-refractivity contribution is -0.118. The van der Waals surface area contributed by atoms with Gasteiger partial charge in [0.2, 0.25) is 0 Å². The molecule has 0 aliphatic rings. The Labute approximate surface area is 151 Å². The quantitative estimate of drug-likeness (QED) is 0.445. The zero-order valence-electron chi connectivity index (χ0n) is 14.0. The van der Waals surface area contributed by atoms with Crippen LogP contribution in [0.5, 0.6) is 11.5 Å². The average Bonchev–Trinajstić information content (AvgIpc) is 2.58. The summed E-state index contributed by atoms with van der Waals surface area (Å²) in [5.74, 6) is 0.573. The van der Waals surface area contributed by atoms with Crippen LogP contribution in [-0.4, -0.2) is 30.5 Å². The molecule has 6 nitrogen and oxygen atoms in total. The van der Waals surface area contributed by atoms with E-state index in [4.69, 9.17) is 26.3 Å². The van der Waals surface area contributed by atoms with E-state index in [0.29, 0.717) is 34.4 Å². The predicted octanol–water partition coefficient (Wildman–Crippen LogP) is 3.87. The number of halogens is 1. The molecule has 0 heterocycles. The minimum atomic E-state index is -0.316. The fraction of sp³-hybridized carbons (Fsp3) is 0.222. The van der Waals surface area contributed by atoms with Gasteiger partial charge in [0.25, 0.3) is 5.91 Å². The topological polar surface area (TPSA) is 80.2 Å². The monoisotopic (exact) mass is 362 g/mol. The Morgan fingerprint density at radius 3 is 2.72 bits per heavy atom. The highest BCUT2D eigenvalue weighted by Crippen LogP contribution is 2.28. The fourth-order valence-electron chi connectivity index (χ4n) is 2.07. The molecule has 132 valence electrons. The maximum atomic E-state index is 12.0. The average molecular weight is 363 g/mol. The van der Waals surface area contributed by atoms with Crippen LogP contribution in [0.2, 0.25) is 5.02 Å². The van der Waals surface area contributed by atoms with E-state index in [1.165, 1.54) is 6.21 Å². The smallest absolute Gasteiger partial charge is 0.262 e. The van der Waals surface area contributed by atoms with E-state index in [2.05, 4.69) is 10.5 Å². The number of ether oxygens (including phenoxy) is 2. The molecular formula is C18H19ClN2O4. The van der Waals surface area contributed by atoms with Gasteiger partial charge in [0.05, 0.1) is 12.8 Å². The van der Waals surface area contributed by atoms with Gasteiger partial charge in [-0.15, -0.1) is 0 Å². The number of carbonyl (C=O) groups excluding carboxylic acids is 1. The number of nitrogens with one attached hydrogen (secondary N) is 1. The van der Waals surface area contributed by atoms with E-state index in [9.17, 15) is 4.79 Å². The lowest BCUT2D eigenvalue weighted by atomic mass is 10.2. The minimum absolute atomic E-state index is 0.182. The van der Waals surface area contributed by atoms with Gasteiger partial charge in [0.1, 0.15) is 0 Å². The van der Waals surface area contributed by atoms with Gasteiger partial charge in [0.15, 0.2) is 18.1 Å². The van der Waals surface area contributed by atoms with Crippen LogP contribution in [-0.2, 0) is 4.79 Å². The first-order valence-electron chi connectivity index (χ1n) is 7.66. The lowest BCUT2D eigenvalue weighted by Gasteiger charge is -2.13. The van der Waals surface area contributed by atoms with Gasteiger partial charge >= 0.3 is 0 Å². The van der Waals surface area contributed by atoms with Crippen molar-refractivity contribution in [3.05, 3.63) is 52.5 Å². The molecule has 2 N–H and O–H groups in total. The third-order valence-corrected chi connectivity index (χ3v) is 3.70. The Morgan fingerprint density at radius 2 is 2.04 bits per heavy atom. The molecule has 0 aromatic heterocycles. The fourth-order valence-corrected chi connectivity index (χ4v) is 2.25. The molecule has 0 atom stereocenters. The Balaban J connectivity index is 2.01. The molecule has 0 unspecified atom stereocenters. The molecule has 25 heavy (non-hydrogen) atoms. The summed E-state index contributed by atoms with van der Waals surface area (Å²) >= 11 is 6.04. The molecule has 0 aliphatic heterocycles. The summed E-state index contributed by atoms with van der Waals surface area (Å²) in [5.41, 5.74) is 2.18. The molecule has 2 aromatic rings. The number of aryl methyl sites for hydroxylation is 1. The number of anilines is 1. The Hall–Kier alpha value is -2.73. The molecule has 0 saturated heterocycles. The normalized spacial score (nSPS) is 10.7. The standard InChI is InChI=1S/C18H19ClN2O4/c1-3-24-17-8-13(10-20-23)5-7-16(17)25-11-18(22)21-14-6-4-12(2)15(19)9-14/h4-10,23H,3,11H2,1-2H3,(H,21,22)/b20-10+. The van der Waals surface area contributed by atoms with E-state index >= 15 is 0 Å². The molecule has 2 aromatic carbocycles. The van der Waals surface area contributed by atoms with Gasteiger partial charge in [-0.2, -0.15) is 0 Å². The van der Waals surface area contributed by atoms with Crippen molar-refractivity contribution in [3.63, 3.8) is 0 Å².